The Labute approximate surface area is 173 Å². The summed E-state index contributed by atoms with van der Waals surface area (Å²) in [5.41, 5.74) is 8.91. The smallest absolute Gasteiger partial charge is 0.230 e. The molecule has 0 atom stereocenters. The lowest BCUT2D eigenvalue weighted by Crippen LogP contribution is -2.26. The Hall–Kier alpha value is -3.31. The van der Waals surface area contributed by atoms with Crippen LogP contribution in [0.2, 0.25) is 0 Å². The lowest BCUT2D eigenvalue weighted by Gasteiger charge is -2.05. The molecule has 0 aliphatic carbocycles. The fraction of sp³-hybridized carbons (Fsp3) is 0.238. The van der Waals surface area contributed by atoms with E-state index < -0.39 is 0 Å². The van der Waals surface area contributed by atoms with Gasteiger partial charge in [0.15, 0.2) is 0 Å². The highest BCUT2D eigenvalue weighted by Gasteiger charge is 2.16. The highest BCUT2D eigenvalue weighted by molar-refractivity contribution is 7.99. The number of nitrogens with one attached hydrogen (secondary N) is 1. The number of nitrogens with zero attached hydrogens (tertiary/aromatic N) is 4. The van der Waals surface area contributed by atoms with Crippen molar-refractivity contribution < 1.29 is 4.79 Å². The van der Waals surface area contributed by atoms with Gasteiger partial charge in [-0.3, -0.25) is 9.78 Å². The van der Waals surface area contributed by atoms with Crippen molar-refractivity contribution in [2.45, 2.75) is 18.6 Å². The second kappa shape index (κ2) is 10.3. The van der Waals surface area contributed by atoms with E-state index in [-0.39, 0.29) is 5.91 Å². The van der Waals surface area contributed by atoms with Crippen molar-refractivity contribution in [2.24, 2.45) is 0 Å². The van der Waals surface area contributed by atoms with Gasteiger partial charge in [0, 0.05) is 18.5 Å². The van der Waals surface area contributed by atoms with E-state index in [9.17, 15) is 10.1 Å². The van der Waals surface area contributed by atoms with Gasteiger partial charge >= 0.3 is 0 Å². The molecule has 148 valence electrons. The number of carbonyl (C=O) groups is 1. The maximum absolute atomic E-state index is 12.0. The van der Waals surface area contributed by atoms with Gasteiger partial charge < -0.3 is 11.1 Å². The molecule has 3 N–H and O–H groups in total. The summed E-state index contributed by atoms with van der Waals surface area (Å²) in [4.78, 5) is 16.2. The van der Waals surface area contributed by atoms with Crippen molar-refractivity contribution in [3.05, 3.63) is 71.7 Å². The molecule has 0 saturated heterocycles. The molecule has 1 amide bonds. The molecule has 0 fully saturated rings. The number of hydrogen-bond acceptors (Lipinski definition) is 6. The number of amides is 1. The first-order chi connectivity index (χ1) is 14.2. The van der Waals surface area contributed by atoms with Gasteiger partial charge in [-0.1, -0.05) is 24.3 Å². The summed E-state index contributed by atoms with van der Waals surface area (Å²) >= 11 is 1.53. The topological polar surface area (TPSA) is 110 Å². The minimum atomic E-state index is -0.0132. The third kappa shape index (κ3) is 5.59. The first-order valence-electron chi connectivity index (χ1n) is 9.26. The number of aryl methyl sites for hydroxylation is 1. The van der Waals surface area contributed by atoms with Crippen LogP contribution < -0.4 is 11.1 Å². The molecule has 0 saturated carbocycles. The molecule has 1 aromatic carbocycles. The van der Waals surface area contributed by atoms with Gasteiger partial charge in [-0.25, -0.2) is 4.68 Å². The lowest BCUT2D eigenvalue weighted by molar-refractivity contribution is -0.118. The number of anilines is 1. The van der Waals surface area contributed by atoms with E-state index >= 15 is 0 Å². The van der Waals surface area contributed by atoms with Crippen LogP contribution in [0.4, 0.5) is 5.82 Å². The Morgan fingerprint density at radius 3 is 2.72 bits per heavy atom. The van der Waals surface area contributed by atoms with Gasteiger partial charge in [-0.15, -0.1) is 11.8 Å². The van der Waals surface area contributed by atoms with Crippen molar-refractivity contribution in [2.75, 3.05) is 18.0 Å². The molecule has 0 spiro atoms. The number of para-hydroxylation sites is 1. The molecule has 29 heavy (non-hydrogen) atoms. The third-order valence-corrected chi connectivity index (χ3v) is 5.19. The number of carbonyl (C=O) groups excluding carboxylic acids is 1. The Bertz CT molecular complexity index is 982. The van der Waals surface area contributed by atoms with E-state index in [0.717, 1.165) is 11.4 Å². The molecule has 0 unspecified atom stereocenters. The van der Waals surface area contributed by atoms with Crippen LogP contribution in [0.1, 0.15) is 23.4 Å². The van der Waals surface area contributed by atoms with E-state index in [4.69, 9.17) is 5.73 Å². The summed E-state index contributed by atoms with van der Waals surface area (Å²) in [6, 6.07) is 17.4. The van der Waals surface area contributed by atoms with Gasteiger partial charge in [0.1, 0.15) is 17.5 Å². The molecule has 0 bridgehead atoms. The SMILES string of the molecule is N#Cc1c(CCCNC(=O)CSCc2ccccn2)nn(-c2ccccc2)c1N. The largest absolute Gasteiger partial charge is 0.382 e. The Morgan fingerprint density at radius 2 is 2.00 bits per heavy atom. The van der Waals surface area contributed by atoms with Crippen LogP contribution >= 0.6 is 11.8 Å². The first kappa shape index (κ1) is 20.4. The first-order valence-corrected chi connectivity index (χ1v) is 10.4. The monoisotopic (exact) mass is 406 g/mol. The second-order valence-corrected chi connectivity index (χ2v) is 7.32. The average Bonchev–Trinajstić information content (AvgIpc) is 3.08. The quantitative estimate of drug-likeness (QED) is 0.529. The molecular formula is C21H22N6OS. The zero-order valence-corrected chi connectivity index (χ0v) is 16.7. The van der Waals surface area contributed by atoms with Gasteiger partial charge in [-0.2, -0.15) is 10.4 Å². The summed E-state index contributed by atoms with van der Waals surface area (Å²) < 4.78 is 1.58. The molecule has 3 rings (SSSR count). The summed E-state index contributed by atoms with van der Waals surface area (Å²) in [6.45, 7) is 0.520. The minimum absolute atomic E-state index is 0.0132. The maximum Gasteiger partial charge on any atom is 0.230 e. The van der Waals surface area contributed by atoms with Crippen molar-refractivity contribution in [1.82, 2.24) is 20.1 Å². The van der Waals surface area contributed by atoms with Crippen molar-refractivity contribution in [1.29, 1.82) is 5.26 Å². The zero-order chi connectivity index (χ0) is 20.5. The number of benzene rings is 1. The predicted octanol–water partition coefficient (Wildman–Crippen LogP) is 2.70. The third-order valence-electron chi connectivity index (χ3n) is 4.23. The summed E-state index contributed by atoms with van der Waals surface area (Å²) in [5, 5.41) is 16.8. The van der Waals surface area contributed by atoms with Crippen LogP contribution in [0.25, 0.3) is 5.69 Å². The van der Waals surface area contributed by atoms with Crippen molar-refractivity contribution in [3.8, 4) is 11.8 Å². The highest BCUT2D eigenvalue weighted by atomic mass is 32.2. The summed E-state index contributed by atoms with van der Waals surface area (Å²) in [6.07, 6.45) is 2.99. The highest BCUT2D eigenvalue weighted by Crippen LogP contribution is 2.21. The number of thioether (sulfide) groups is 1. The van der Waals surface area contributed by atoms with E-state index in [0.29, 0.717) is 48.0 Å². The zero-order valence-electron chi connectivity index (χ0n) is 15.9. The molecule has 8 heteroatoms. The Balaban J connectivity index is 1.45. The average molecular weight is 407 g/mol. The number of pyridine rings is 1. The van der Waals surface area contributed by atoms with Gasteiger partial charge in [0.25, 0.3) is 0 Å². The molecule has 0 aliphatic heterocycles. The van der Waals surface area contributed by atoms with Crippen LogP contribution in [-0.4, -0.2) is 33.0 Å². The van der Waals surface area contributed by atoms with Crippen LogP contribution in [0.3, 0.4) is 0 Å². The van der Waals surface area contributed by atoms with E-state index in [2.05, 4.69) is 21.5 Å². The Morgan fingerprint density at radius 1 is 1.21 bits per heavy atom. The molecule has 0 radical (unpaired) electrons. The van der Waals surface area contributed by atoms with Crippen LogP contribution in [0, 0.1) is 11.3 Å². The summed E-state index contributed by atoms with van der Waals surface area (Å²) in [5.74, 6) is 1.41. The van der Waals surface area contributed by atoms with Gasteiger partial charge in [-0.05, 0) is 37.1 Å². The molecular weight excluding hydrogens is 384 g/mol. The van der Waals surface area contributed by atoms with Crippen LogP contribution in [0.15, 0.2) is 54.7 Å². The number of rotatable bonds is 9. The van der Waals surface area contributed by atoms with Crippen molar-refractivity contribution >= 4 is 23.5 Å². The fourth-order valence-corrected chi connectivity index (χ4v) is 3.58. The standard InChI is InChI=1S/C21H22N6OS/c22-13-18-19(26-27(21(18)23)17-8-2-1-3-9-17)10-6-12-25-20(28)15-29-14-16-7-4-5-11-24-16/h1-5,7-9,11H,6,10,12,14-15,23H2,(H,25,28). The number of aromatic nitrogens is 3. The number of nitriles is 1. The molecule has 0 aliphatic rings. The lowest BCUT2D eigenvalue weighted by atomic mass is 10.1. The maximum atomic E-state index is 12.0. The van der Waals surface area contributed by atoms with Crippen molar-refractivity contribution in [3.63, 3.8) is 0 Å². The van der Waals surface area contributed by atoms with E-state index in [1.807, 2.05) is 48.5 Å². The normalized spacial score (nSPS) is 10.4. The second-order valence-electron chi connectivity index (χ2n) is 6.33. The van der Waals surface area contributed by atoms with Gasteiger partial charge in [0.2, 0.25) is 5.91 Å². The predicted molar refractivity (Wildman–Crippen MR) is 114 cm³/mol. The fourth-order valence-electron chi connectivity index (χ4n) is 2.81. The molecule has 2 heterocycles. The van der Waals surface area contributed by atoms with E-state index in [1.165, 1.54) is 11.8 Å². The molecule has 7 nitrogen and oxygen atoms in total. The number of hydrogen-bond donors (Lipinski definition) is 2. The Kier molecular flexibility index (Phi) is 7.25. The molecule has 2 aromatic heterocycles. The van der Waals surface area contributed by atoms with Crippen LogP contribution in [-0.2, 0) is 17.0 Å². The molecule has 3 aromatic rings. The minimum Gasteiger partial charge on any atom is -0.382 e. The number of nitrogens with two attached hydrogens (primary N) is 1. The van der Waals surface area contributed by atoms with Gasteiger partial charge in [0.05, 0.1) is 22.8 Å². The van der Waals surface area contributed by atoms with E-state index in [1.54, 1.807) is 10.9 Å². The number of nitrogen functional groups attached to an aromatic ring is 1. The summed E-state index contributed by atoms with van der Waals surface area (Å²) in [7, 11) is 0. The van der Waals surface area contributed by atoms with Crippen LogP contribution in [0.5, 0.6) is 0 Å².